The normalized spacial score (nSPS) is 27.5. The lowest BCUT2D eigenvalue weighted by Crippen LogP contribution is -2.35. The van der Waals surface area contributed by atoms with Gasteiger partial charge in [-0.15, -0.1) is 0 Å². The Morgan fingerprint density at radius 3 is 2.71 bits per heavy atom. The van der Waals surface area contributed by atoms with E-state index in [0.29, 0.717) is 13.0 Å². The van der Waals surface area contributed by atoms with Crippen molar-refractivity contribution in [3.05, 3.63) is 54.6 Å². The number of anilines is 1. The van der Waals surface area contributed by atoms with Gasteiger partial charge < -0.3 is 9.69 Å². The fourth-order valence-electron chi connectivity index (χ4n) is 3.44. The fraction of sp³-hybridized carbons (Fsp3) is 0.333. The van der Waals surface area contributed by atoms with Crippen LogP contribution in [0.2, 0.25) is 0 Å². The second-order valence-corrected chi connectivity index (χ2v) is 5.72. The molecule has 108 valence electrons. The van der Waals surface area contributed by atoms with Crippen LogP contribution in [0.3, 0.4) is 0 Å². The zero-order valence-corrected chi connectivity index (χ0v) is 11.9. The quantitative estimate of drug-likeness (QED) is 0.795. The molecule has 1 fully saturated rings. The highest BCUT2D eigenvalue weighted by atomic mass is 16.2. The first kappa shape index (κ1) is 13.8. The molecule has 1 aromatic rings. The summed E-state index contributed by atoms with van der Waals surface area (Å²) in [7, 11) is 0. The van der Waals surface area contributed by atoms with Crippen LogP contribution in [0, 0.1) is 11.3 Å². The van der Waals surface area contributed by atoms with Crippen molar-refractivity contribution < 1.29 is 9.59 Å². The van der Waals surface area contributed by atoms with Gasteiger partial charge in [0.2, 0.25) is 5.91 Å². The molecule has 1 aliphatic heterocycles. The Balaban J connectivity index is 1.93. The van der Waals surface area contributed by atoms with Gasteiger partial charge in [-0.3, -0.25) is 4.79 Å². The van der Waals surface area contributed by atoms with E-state index in [2.05, 4.69) is 6.08 Å². The van der Waals surface area contributed by atoms with E-state index in [1.54, 1.807) is 0 Å². The molecule has 0 saturated carbocycles. The van der Waals surface area contributed by atoms with E-state index < -0.39 is 5.41 Å². The Kier molecular flexibility index (Phi) is 3.74. The topological polar surface area (TPSA) is 37.4 Å². The van der Waals surface area contributed by atoms with E-state index in [0.717, 1.165) is 24.8 Å². The Morgan fingerprint density at radius 1 is 1.24 bits per heavy atom. The van der Waals surface area contributed by atoms with E-state index in [4.69, 9.17) is 0 Å². The van der Waals surface area contributed by atoms with Crippen molar-refractivity contribution in [2.75, 3.05) is 11.4 Å². The highest BCUT2D eigenvalue weighted by molar-refractivity contribution is 6.02. The molecule has 3 nitrogen and oxygen atoms in total. The van der Waals surface area contributed by atoms with Crippen LogP contribution < -0.4 is 4.90 Å². The summed E-state index contributed by atoms with van der Waals surface area (Å²) in [5, 5.41) is 0. The van der Waals surface area contributed by atoms with Crippen LogP contribution in [0.15, 0.2) is 54.6 Å². The number of aldehydes is 1. The lowest BCUT2D eigenvalue weighted by Gasteiger charge is -2.29. The molecule has 0 bridgehead atoms. The van der Waals surface area contributed by atoms with E-state index >= 15 is 0 Å². The van der Waals surface area contributed by atoms with Crippen molar-refractivity contribution in [1.82, 2.24) is 0 Å². The first-order valence-corrected chi connectivity index (χ1v) is 7.43. The molecular weight excluding hydrogens is 262 g/mol. The summed E-state index contributed by atoms with van der Waals surface area (Å²) in [6.45, 7) is 0.689. The molecular formula is C18H19NO2. The second kappa shape index (κ2) is 5.68. The number of hydrogen-bond acceptors (Lipinski definition) is 2. The van der Waals surface area contributed by atoms with Crippen molar-refractivity contribution in [2.45, 2.75) is 19.3 Å². The number of allylic oxidation sites excluding steroid dienone is 3. The fourth-order valence-corrected chi connectivity index (χ4v) is 3.44. The minimum absolute atomic E-state index is 0.158. The molecule has 2 aliphatic rings. The van der Waals surface area contributed by atoms with Crippen molar-refractivity contribution in [3.8, 4) is 0 Å². The summed E-state index contributed by atoms with van der Waals surface area (Å²) in [5.74, 6) is 0.349. The number of hydrogen-bond donors (Lipinski definition) is 0. The molecule has 0 N–H and O–H groups in total. The summed E-state index contributed by atoms with van der Waals surface area (Å²) in [6, 6.07) is 9.79. The molecule has 2 atom stereocenters. The van der Waals surface area contributed by atoms with Gasteiger partial charge in [-0.1, -0.05) is 42.5 Å². The summed E-state index contributed by atoms with van der Waals surface area (Å²) >= 11 is 0. The van der Waals surface area contributed by atoms with Crippen LogP contribution in [0.5, 0.6) is 0 Å². The number of para-hydroxylation sites is 1. The standard InChI is InChI=1S/C18H19NO2/c20-13-7-8-15-14-19(16-9-3-1-4-10-16)17(21)18(15)11-5-2-6-12-18/h1-6,9-11,13,15H,7-8,12,14H2/t15-,18-/m1/s1. The summed E-state index contributed by atoms with van der Waals surface area (Å²) < 4.78 is 0. The average molecular weight is 281 g/mol. The Labute approximate surface area is 125 Å². The molecule has 1 aliphatic carbocycles. The van der Waals surface area contributed by atoms with E-state index in [1.807, 2.05) is 53.5 Å². The minimum atomic E-state index is -0.465. The number of nitrogens with zero attached hydrogens (tertiary/aromatic N) is 1. The van der Waals surface area contributed by atoms with Gasteiger partial charge in [-0.05, 0) is 30.9 Å². The molecule has 21 heavy (non-hydrogen) atoms. The summed E-state index contributed by atoms with van der Waals surface area (Å²) in [6.07, 6.45) is 11.0. The first-order chi connectivity index (χ1) is 10.3. The zero-order chi connectivity index (χ0) is 14.7. The number of carbonyl (C=O) groups is 2. The van der Waals surface area contributed by atoms with Gasteiger partial charge in [0, 0.05) is 18.7 Å². The highest BCUT2D eigenvalue weighted by Gasteiger charge is 2.51. The zero-order valence-electron chi connectivity index (χ0n) is 11.9. The monoisotopic (exact) mass is 281 g/mol. The molecule has 1 heterocycles. The number of carbonyl (C=O) groups excluding carboxylic acids is 2. The second-order valence-electron chi connectivity index (χ2n) is 5.72. The van der Waals surface area contributed by atoms with E-state index in [1.165, 1.54) is 0 Å². The Hall–Kier alpha value is -2.16. The Bertz CT molecular complexity index is 590. The third-order valence-corrected chi connectivity index (χ3v) is 4.57. The predicted molar refractivity (Wildman–Crippen MR) is 82.9 cm³/mol. The van der Waals surface area contributed by atoms with Crippen molar-refractivity contribution >= 4 is 17.9 Å². The molecule has 0 radical (unpaired) electrons. The van der Waals surface area contributed by atoms with Gasteiger partial charge in [0.15, 0.2) is 0 Å². The lowest BCUT2D eigenvalue weighted by molar-refractivity contribution is -0.124. The van der Waals surface area contributed by atoms with Gasteiger partial charge in [0.25, 0.3) is 0 Å². The Morgan fingerprint density at radius 2 is 2.05 bits per heavy atom. The van der Waals surface area contributed by atoms with Crippen molar-refractivity contribution in [3.63, 3.8) is 0 Å². The first-order valence-electron chi connectivity index (χ1n) is 7.43. The maximum atomic E-state index is 13.0. The minimum Gasteiger partial charge on any atom is -0.311 e. The maximum absolute atomic E-state index is 13.0. The SMILES string of the molecule is O=CCC[C@@H]1CN(c2ccccc2)C(=O)[C@@]12C=CC=CC2. The highest BCUT2D eigenvalue weighted by Crippen LogP contribution is 2.46. The van der Waals surface area contributed by atoms with Crippen LogP contribution in [-0.2, 0) is 9.59 Å². The van der Waals surface area contributed by atoms with E-state index in [9.17, 15) is 9.59 Å². The molecule has 1 aromatic carbocycles. The molecule has 3 heteroatoms. The van der Waals surface area contributed by atoms with Crippen molar-refractivity contribution in [2.24, 2.45) is 11.3 Å². The predicted octanol–water partition coefficient (Wildman–Crippen LogP) is 3.13. The van der Waals surface area contributed by atoms with Gasteiger partial charge in [-0.25, -0.2) is 0 Å². The molecule has 0 unspecified atom stereocenters. The molecule has 1 spiro atoms. The molecule has 1 saturated heterocycles. The van der Waals surface area contributed by atoms with E-state index in [-0.39, 0.29) is 11.8 Å². The largest absolute Gasteiger partial charge is 0.311 e. The van der Waals surface area contributed by atoms with Gasteiger partial charge in [0.1, 0.15) is 6.29 Å². The summed E-state index contributed by atoms with van der Waals surface area (Å²) in [5.41, 5.74) is 0.478. The van der Waals surface area contributed by atoms with Crippen LogP contribution in [0.4, 0.5) is 5.69 Å². The lowest BCUT2D eigenvalue weighted by atomic mass is 9.71. The maximum Gasteiger partial charge on any atom is 0.237 e. The molecule has 3 rings (SSSR count). The smallest absolute Gasteiger partial charge is 0.237 e. The van der Waals surface area contributed by atoms with Gasteiger partial charge >= 0.3 is 0 Å². The van der Waals surface area contributed by atoms with Crippen LogP contribution in [0.1, 0.15) is 19.3 Å². The van der Waals surface area contributed by atoms with Gasteiger partial charge in [0.05, 0.1) is 5.41 Å². The number of benzene rings is 1. The van der Waals surface area contributed by atoms with Crippen molar-refractivity contribution in [1.29, 1.82) is 0 Å². The van der Waals surface area contributed by atoms with Crippen LogP contribution >= 0.6 is 0 Å². The molecule has 0 aromatic heterocycles. The van der Waals surface area contributed by atoms with Crippen LogP contribution in [0.25, 0.3) is 0 Å². The number of amides is 1. The number of rotatable bonds is 4. The van der Waals surface area contributed by atoms with Crippen LogP contribution in [-0.4, -0.2) is 18.7 Å². The average Bonchev–Trinajstić information content (AvgIpc) is 2.80. The van der Waals surface area contributed by atoms with Gasteiger partial charge in [-0.2, -0.15) is 0 Å². The third-order valence-electron chi connectivity index (χ3n) is 4.57. The third kappa shape index (κ3) is 2.33. The summed E-state index contributed by atoms with van der Waals surface area (Å²) in [4.78, 5) is 25.6. The molecule has 1 amide bonds.